The normalized spacial score (nSPS) is 18.3. The first-order valence-corrected chi connectivity index (χ1v) is 6.17. The van der Waals surface area contributed by atoms with Gasteiger partial charge in [0.25, 0.3) is 0 Å². The zero-order valence-corrected chi connectivity index (χ0v) is 10.0. The van der Waals surface area contributed by atoms with Crippen molar-refractivity contribution in [2.45, 2.75) is 32.2 Å². The van der Waals surface area contributed by atoms with Gasteiger partial charge in [0.05, 0.1) is 17.8 Å². The lowest BCUT2D eigenvalue weighted by Crippen LogP contribution is -2.50. The standard InChI is InChI=1S/C9H13NO3S2/c1-2-3-4-6(8(12)13)10-7(11)5-15-9(10)14/h6H,2-5H2,1H3,(H,12,13)/p-1/t6-/m1/s1. The quantitative estimate of drug-likeness (QED) is 0.646. The molecule has 4 nitrogen and oxygen atoms in total. The molecule has 0 aromatic carbocycles. The summed E-state index contributed by atoms with van der Waals surface area (Å²) in [6.07, 6.45) is 2.03. The summed E-state index contributed by atoms with van der Waals surface area (Å²) in [6, 6.07) is -0.889. The molecule has 0 aliphatic carbocycles. The maximum Gasteiger partial charge on any atom is 0.239 e. The molecule has 0 spiro atoms. The number of hydrogen-bond donors (Lipinski definition) is 0. The Balaban J connectivity index is 2.74. The van der Waals surface area contributed by atoms with Crippen molar-refractivity contribution in [3.8, 4) is 0 Å². The van der Waals surface area contributed by atoms with Crippen LogP contribution in [0.2, 0.25) is 0 Å². The Morgan fingerprint density at radius 2 is 2.40 bits per heavy atom. The second-order valence-electron chi connectivity index (χ2n) is 3.30. The van der Waals surface area contributed by atoms with Crippen molar-refractivity contribution >= 4 is 40.2 Å². The number of nitrogens with zero attached hydrogens (tertiary/aromatic N) is 1. The van der Waals surface area contributed by atoms with Crippen molar-refractivity contribution in [3.05, 3.63) is 0 Å². The summed E-state index contributed by atoms with van der Waals surface area (Å²) in [5.74, 6) is -1.20. The van der Waals surface area contributed by atoms with Gasteiger partial charge in [0.15, 0.2) is 0 Å². The second-order valence-corrected chi connectivity index (χ2v) is 4.90. The predicted octanol–water partition coefficient (Wildman–Crippen LogP) is 0.155. The van der Waals surface area contributed by atoms with Crippen molar-refractivity contribution in [2.24, 2.45) is 0 Å². The van der Waals surface area contributed by atoms with E-state index in [4.69, 9.17) is 12.2 Å². The van der Waals surface area contributed by atoms with Crippen LogP contribution in [0.3, 0.4) is 0 Å². The first-order valence-electron chi connectivity index (χ1n) is 4.77. The third kappa shape index (κ3) is 2.92. The monoisotopic (exact) mass is 246 g/mol. The zero-order valence-electron chi connectivity index (χ0n) is 8.39. The summed E-state index contributed by atoms with van der Waals surface area (Å²) in [4.78, 5) is 23.5. The largest absolute Gasteiger partial charge is 0.548 e. The number of thiocarbonyl (C=S) groups is 1. The van der Waals surface area contributed by atoms with Crippen LogP contribution in [0.5, 0.6) is 0 Å². The lowest BCUT2D eigenvalue weighted by atomic mass is 10.1. The molecule has 1 rings (SSSR count). The zero-order chi connectivity index (χ0) is 11.4. The number of carboxylic acid groups (broad SMARTS) is 1. The van der Waals surface area contributed by atoms with Gasteiger partial charge in [-0.1, -0.05) is 43.7 Å². The highest BCUT2D eigenvalue weighted by Crippen LogP contribution is 2.23. The minimum absolute atomic E-state index is 0.227. The summed E-state index contributed by atoms with van der Waals surface area (Å²) in [5, 5.41) is 10.9. The maximum absolute atomic E-state index is 11.4. The number of unbranched alkanes of at least 4 members (excludes halogenated alkanes) is 1. The van der Waals surface area contributed by atoms with Gasteiger partial charge < -0.3 is 9.90 Å². The Morgan fingerprint density at radius 3 is 2.80 bits per heavy atom. The van der Waals surface area contributed by atoms with Crippen LogP contribution in [0.4, 0.5) is 0 Å². The fraction of sp³-hybridized carbons (Fsp3) is 0.667. The minimum Gasteiger partial charge on any atom is -0.548 e. The van der Waals surface area contributed by atoms with Crippen molar-refractivity contribution in [1.82, 2.24) is 4.90 Å². The second kappa shape index (κ2) is 5.46. The Hall–Kier alpha value is -0.620. The molecule has 1 saturated heterocycles. The van der Waals surface area contributed by atoms with Gasteiger partial charge in [-0.2, -0.15) is 0 Å². The number of carbonyl (C=O) groups is 2. The van der Waals surface area contributed by atoms with E-state index in [2.05, 4.69) is 0 Å². The van der Waals surface area contributed by atoms with E-state index < -0.39 is 12.0 Å². The number of carbonyl (C=O) groups excluding carboxylic acids is 2. The van der Waals surface area contributed by atoms with Gasteiger partial charge in [-0.15, -0.1) is 0 Å². The van der Waals surface area contributed by atoms with Crippen LogP contribution in [0.15, 0.2) is 0 Å². The molecular formula is C9H12NO3S2-. The van der Waals surface area contributed by atoms with E-state index in [1.54, 1.807) is 0 Å². The van der Waals surface area contributed by atoms with Gasteiger partial charge in [-0.3, -0.25) is 9.69 Å². The first kappa shape index (κ1) is 12.4. The van der Waals surface area contributed by atoms with Gasteiger partial charge in [0.1, 0.15) is 4.32 Å². The third-order valence-electron chi connectivity index (χ3n) is 2.20. The lowest BCUT2D eigenvalue weighted by Gasteiger charge is -2.27. The molecule has 0 saturated carbocycles. The molecule has 15 heavy (non-hydrogen) atoms. The number of aliphatic carboxylic acids is 1. The van der Waals surface area contributed by atoms with E-state index in [1.807, 2.05) is 6.92 Å². The van der Waals surface area contributed by atoms with Crippen LogP contribution in [-0.2, 0) is 9.59 Å². The van der Waals surface area contributed by atoms with E-state index in [9.17, 15) is 14.7 Å². The molecular weight excluding hydrogens is 234 g/mol. The van der Waals surface area contributed by atoms with Crippen LogP contribution in [-0.4, -0.2) is 32.9 Å². The summed E-state index contributed by atoms with van der Waals surface area (Å²) >= 11 is 6.15. The predicted molar refractivity (Wildman–Crippen MR) is 60.2 cm³/mol. The van der Waals surface area contributed by atoms with Crippen LogP contribution in [0.25, 0.3) is 0 Å². The van der Waals surface area contributed by atoms with Crippen molar-refractivity contribution < 1.29 is 14.7 Å². The number of hydrogen-bond acceptors (Lipinski definition) is 5. The van der Waals surface area contributed by atoms with Gasteiger partial charge in [0, 0.05) is 0 Å². The van der Waals surface area contributed by atoms with E-state index in [1.165, 1.54) is 16.7 Å². The average Bonchev–Trinajstić information content (AvgIpc) is 2.49. The third-order valence-corrected chi connectivity index (χ3v) is 3.58. The first-order chi connectivity index (χ1) is 7.07. The highest BCUT2D eigenvalue weighted by molar-refractivity contribution is 8.23. The Bertz CT molecular complexity index is 277. The van der Waals surface area contributed by atoms with Crippen molar-refractivity contribution in [1.29, 1.82) is 0 Å². The molecule has 1 fully saturated rings. The van der Waals surface area contributed by atoms with Crippen LogP contribution in [0.1, 0.15) is 26.2 Å². The van der Waals surface area contributed by atoms with E-state index in [-0.39, 0.29) is 11.7 Å². The Morgan fingerprint density at radius 1 is 1.73 bits per heavy atom. The highest BCUT2D eigenvalue weighted by Gasteiger charge is 2.33. The Labute approximate surface area is 98.0 Å². The molecule has 84 valence electrons. The molecule has 1 amide bonds. The van der Waals surface area contributed by atoms with E-state index in [0.717, 1.165) is 12.8 Å². The Kier molecular flexibility index (Phi) is 4.53. The summed E-state index contributed by atoms with van der Waals surface area (Å²) in [6.45, 7) is 1.96. The van der Waals surface area contributed by atoms with Gasteiger partial charge in [0.2, 0.25) is 5.91 Å². The fourth-order valence-corrected chi connectivity index (χ4v) is 2.58. The average molecular weight is 246 g/mol. The summed E-state index contributed by atoms with van der Waals surface area (Å²) < 4.78 is 0.352. The topological polar surface area (TPSA) is 60.4 Å². The molecule has 0 bridgehead atoms. The maximum atomic E-state index is 11.4. The van der Waals surface area contributed by atoms with Crippen molar-refractivity contribution in [2.75, 3.05) is 5.75 Å². The number of rotatable bonds is 5. The van der Waals surface area contributed by atoms with Crippen LogP contribution >= 0.6 is 24.0 Å². The summed E-state index contributed by atoms with van der Waals surface area (Å²) in [7, 11) is 0. The molecule has 1 aliphatic rings. The SMILES string of the molecule is CCCC[C@H](C(=O)[O-])N1C(=O)CSC1=S. The van der Waals surface area contributed by atoms with E-state index in [0.29, 0.717) is 10.7 Å². The molecule has 1 heterocycles. The molecule has 1 atom stereocenters. The van der Waals surface area contributed by atoms with Gasteiger partial charge in [-0.25, -0.2) is 0 Å². The van der Waals surface area contributed by atoms with Crippen molar-refractivity contribution in [3.63, 3.8) is 0 Å². The molecule has 6 heteroatoms. The fourth-order valence-electron chi connectivity index (χ4n) is 1.42. The minimum atomic E-state index is -1.22. The van der Waals surface area contributed by atoms with Crippen LogP contribution < -0.4 is 5.11 Å². The molecule has 0 radical (unpaired) electrons. The van der Waals surface area contributed by atoms with E-state index >= 15 is 0 Å². The van der Waals surface area contributed by atoms with Crippen LogP contribution in [0, 0.1) is 0 Å². The molecule has 0 unspecified atom stereocenters. The summed E-state index contributed by atoms with van der Waals surface area (Å²) in [5.41, 5.74) is 0. The molecule has 1 aliphatic heterocycles. The highest BCUT2D eigenvalue weighted by atomic mass is 32.2. The lowest BCUT2D eigenvalue weighted by molar-refractivity contribution is -0.310. The number of amides is 1. The number of thioether (sulfide) groups is 1. The molecule has 0 aromatic heterocycles. The smallest absolute Gasteiger partial charge is 0.239 e. The number of carboxylic acids is 1. The van der Waals surface area contributed by atoms with Gasteiger partial charge >= 0.3 is 0 Å². The molecule has 0 aromatic rings. The van der Waals surface area contributed by atoms with Gasteiger partial charge in [-0.05, 0) is 6.42 Å². The molecule has 0 N–H and O–H groups in total.